The first-order valence-electron chi connectivity index (χ1n) is 9.52. The standard InChI is InChI=1S/C20H31N3O6/c1-20(2,3)29-19(28)23-16(12-13-7-9-14(24)10-8-13)17(25)22-15(18(26)27)6-4-5-11-21/h7-10,15-16,24H,4-6,11-12,21H2,1-3H3,(H,22,25)(H,23,28)(H,26,27)/t15-,16-/m1/s1. The van der Waals surface area contributed by atoms with Gasteiger partial charge in [-0.15, -0.1) is 0 Å². The minimum absolute atomic E-state index is 0.0701. The number of hydrogen-bond acceptors (Lipinski definition) is 6. The first kappa shape index (κ1) is 24.2. The fourth-order valence-corrected chi connectivity index (χ4v) is 2.55. The van der Waals surface area contributed by atoms with Gasteiger partial charge in [0.1, 0.15) is 23.4 Å². The van der Waals surface area contributed by atoms with Crippen molar-refractivity contribution in [2.75, 3.05) is 6.54 Å². The molecule has 162 valence electrons. The van der Waals surface area contributed by atoms with E-state index in [1.54, 1.807) is 32.9 Å². The number of unbranched alkanes of at least 4 members (excludes halogenated alkanes) is 1. The number of hydrogen-bond donors (Lipinski definition) is 5. The molecule has 0 aliphatic heterocycles. The summed E-state index contributed by atoms with van der Waals surface area (Å²) in [5, 5.41) is 23.8. The molecule has 0 bridgehead atoms. The molecule has 0 aromatic heterocycles. The van der Waals surface area contributed by atoms with E-state index in [9.17, 15) is 24.6 Å². The molecule has 0 aliphatic rings. The lowest BCUT2D eigenvalue weighted by Gasteiger charge is -2.24. The van der Waals surface area contributed by atoms with Crippen LogP contribution in [0.3, 0.4) is 0 Å². The molecule has 0 saturated carbocycles. The van der Waals surface area contributed by atoms with Gasteiger partial charge in [-0.3, -0.25) is 4.79 Å². The summed E-state index contributed by atoms with van der Waals surface area (Å²) in [6.07, 6.45) is 0.742. The molecule has 6 N–H and O–H groups in total. The van der Waals surface area contributed by atoms with Crippen molar-refractivity contribution in [2.24, 2.45) is 5.73 Å². The van der Waals surface area contributed by atoms with Crippen LogP contribution in [0.15, 0.2) is 24.3 Å². The number of carbonyl (C=O) groups is 3. The molecule has 29 heavy (non-hydrogen) atoms. The number of rotatable bonds is 10. The van der Waals surface area contributed by atoms with E-state index in [1.807, 2.05) is 0 Å². The normalized spacial score (nSPS) is 13.2. The van der Waals surface area contributed by atoms with E-state index in [2.05, 4.69) is 10.6 Å². The predicted octanol–water partition coefficient (Wildman–Crippen LogP) is 1.53. The summed E-state index contributed by atoms with van der Waals surface area (Å²) in [6, 6.07) is 4.02. The highest BCUT2D eigenvalue weighted by Gasteiger charge is 2.28. The number of carboxylic acid groups (broad SMARTS) is 1. The average molecular weight is 409 g/mol. The molecule has 1 rings (SSSR count). The van der Waals surface area contributed by atoms with E-state index in [0.29, 0.717) is 24.9 Å². The summed E-state index contributed by atoms with van der Waals surface area (Å²) in [5.41, 5.74) is 5.35. The smallest absolute Gasteiger partial charge is 0.408 e. The Morgan fingerprint density at radius 3 is 2.21 bits per heavy atom. The number of aromatic hydroxyl groups is 1. The second-order valence-corrected chi connectivity index (χ2v) is 7.75. The van der Waals surface area contributed by atoms with E-state index >= 15 is 0 Å². The maximum absolute atomic E-state index is 12.7. The summed E-state index contributed by atoms with van der Waals surface area (Å²) in [4.78, 5) is 36.4. The quantitative estimate of drug-likeness (QED) is 0.368. The van der Waals surface area contributed by atoms with Gasteiger partial charge in [-0.25, -0.2) is 9.59 Å². The van der Waals surface area contributed by atoms with Crippen LogP contribution in [0.2, 0.25) is 0 Å². The Morgan fingerprint density at radius 2 is 1.69 bits per heavy atom. The summed E-state index contributed by atoms with van der Waals surface area (Å²) >= 11 is 0. The molecular formula is C20H31N3O6. The van der Waals surface area contributed by atoms with Crippen molar-refractivity contribution >= 4 is 18.0 Å². The lowest BCUT2D eigenvalue weighted by atomic mass is 10.0. The van der Waals surface area contributed by atoms with Crippen LogP contribution in [0, 0.1) is 0 Å². The van der Waals surface area contributed by atoms with Crippen molar-refractivity contribution in [3.63, 3.8) is 0 Å². The second-order valence-electron chi connectivity index (χ2n) is 7.75. The number of nitrogens with two attached hydrogens (primary N) is 1. The van der Waals surface area contributed by atoms with Crippen LogP contribution in [0.4, 0.5) is 4.79 Å². The van der Waals surface area contributed by atoms with Gasteiger partial charge in [0.15, 0.2) is 0 Å². The van der Waals surface area contributed by atoms with E-state index in [1.165, 1.54) is 12.1 Å². The van der Waals surface area contributed by atoms with E-state index in [-0.39, 0.29) is 18.6 Å². The third kappa shape index (κ3) is 9.79. The van der Waals surface area contributed by atoms with Gasteiger partial charge < -0.3 is 31.3 Å². The average Bonchev–Trinajstić information content (AvgIpc) is 2.60. The Kier molecular flexibility index (Phi) is 9.40. The highest BCUT2D eigenvalue weighted by atomic mass is 16.6. The summed E-state index contributed by atoms with van der Waals surface area (Å²) in [6.45, 7) is 5.52. The molecule has 0 unspecified atom stereocenters. The third-order valence-corrected chi connectivity index (χ3v) is 3.95. The number of benzene rings is 1. The van der Waals surface area contributed by atoms with E-state index < -0.39 is 35.7 Å². The van der Waals surface area contributed by atoms with Gasteiger partial charge in [0.2, 0.25) is 5.91 Å². The summed E-state index contributed by atoms with van der Waals surface area (Å²) in [7, 11) is 0. The number of amides is 2. The van der Waals surface area contributed by atoms with Gasteiger partial charge in [0.25, 0.3) is 0 Å². The maximum Gasteiger partial charge on any atom is 0.408 e. The van der Waals surface area contributed by atoms with Crippen molar-refractivity contribution in [1.82, 2.24) is 10.6 Å². The number of aliphatic carboxylic acids is 1. The minimum atomic E-state index is -1.16. The Hall–Kier alpha value is -2.81. The minimum Gasteiger partial charge on any atom is -0.508 e. The number of nitrogens with one attached hydrogen (secondary N) is 2. The monoisotopic (exact) mass is 409 g/mol. The molecule has 1 aromatic rings. The zero-order valence-electron chi connectivity index (χ0n) is 17.1. The van der Waals surface area contributed by atoms with Crippen LogP contribution in [-0.4, -0.2) is 52.4 Å². The van der Waals surface area contributed by atoms with Crippen LogP contribution in [0.5, 0.6) is 5.75 Å². The maximum atomic E-state index is 12.7. The van der Waals surface area contributed by atoms with Crippen molar-refractivity contribution in [3.8, 4) is 5.75 Å². The topological polar surface area (TPSA) is 151 Å². The molecule has 9 nitrogen and oxygen atoms in total. The van der Waals surface area contributed by atoms with Gasteiger partial charge >= 0.3 is 12.1 Å². The summed E-state index contributed by atoms with van der Waals surface area (Å²) in [5.74, 6) is -1.72. The Labute approximate surface area is 170 Å². The molecule has 0 fully saturated rings. The van der Waals surface area contributed by atoms with Gasteiger partial charge in [-0.2, -0.15) is 0 Å². The Morgan fingerprint density at radius 1 is 1.07 bits per heavy atom. The molecule has 9 heteroatoms. The highest BCUT2D eigenvalue weighted by molar-refractivity contribution is 5.89. The van der Waals surface area contributed by atoms with Crippen LogP contribution in [0.25, 0.3) is 0 Å². The van der Waals surface area contributed by atoms with E-state index in [4.69, 9.17) is 10.5 Å². The van der Waals surface area contributed by atoms with Gasteiger partial charge in [0.05, 0.1) is 0 Å². The predicted molar refractivity (Wildman–Crippen MR) is 107 cm³/mol. The Balaban J connectivity index is 2.91. The van der Waals surface area contributed by atoms with Crippen molar-refractivity contribution < 1.29 is 29.3 Å². The SMILES string of the molecule is CC(C)(C)OC(=O)N[C@H](Cc1ccc(O)cc1)C(=O)N[C@H](CCCCN)C(=O)O. The van der Waals surface area contributed by atoms with Crippen LogP contribution >= 0.6 is 0 Å². The molecule has 0 radical (unpaired) electrons. The lowest BCUT2D eigenvalue weighted by molar-refractivity contribution is -0.142. The van der Waals surface area contributed by atoms with Crippen molar-refractivity contribution in [1.29, 1.82) is 0 Å². The number of phenolic OH excluding ortho intramolecular Hbond substituents is 1. The fraction of sp³-hybridized carbons (Fsp3) is 0.550. The van der Waals surface area contributed by atoms with Crippen LogP contribution in [-0.2, 0) is 20.7 Å². The molecular weight excluding hydrogens is 378 g/mol. The highest BCUT2D eigenvalue weighted by Crippen LogP contribution is 2.13. The Bertz CT molecular complexity index is 684. The second kappa shape index (κ2) is 11.3. The van der Waals surface area contributed by atoms with Crippen LogP contribution < -0.4 is 16.4 Å². The first-order chi connectivity index (χ1) is 13.5. The van der Waals surface area contributed by atoms with Gasteiger partial charge in [-0.05, 0) is 64.3 Å². The first-order valence-corrected chi connectivity index (χ1v) is 9.52. The third-order valence-electron chi connectivity index (χ3n) is 3.95. The van der Waals surface area contributed by atoms with Crippen LogP contribution in [0.1, 0.15) is 45.6 Å². The number of alkyl carbamates (subject to hydrolysis) is 1. The molecule has 1 aromatic carbocycles. The molecule has 0 spiro atoms. The number of carboxylic acids is 1. The zero-order chi connectivity index (χ0) is 22.0. The van der Waals surface area contributed by atoms with Crippen molar-refractivity contribution in [2.45, 2.75) is 64.1 Å². The fourth-order valence-electron chi connectivity index (χ4n) is 2.55. The molecule has 0 saturated heterocycles. The van der Waals surface area contributed by atoms with E-state index in [0.717, 1.165) is 0 Å². The number of phenols is 1. The molecule has 0 aliphatic carbocycles. The van der Waals surface area contributed by atoms with Gasteiger partial charge in [0, 0.05) is 6.42 Å². The summed E-state index contributed by atoms with van der Waals surface area (Å²) < 4.78 is 5.21. The molecule has 2 amide bonds. The molecule has 0 heterocycles. The van der Waals surface area contributed by atoms with Gasteiger partial charge in [-0.1, -0.05) is 12.1 Å². The van der Waals surface area contributed by atoms with Crippen molar-refractivity contribution in [3.05, 3.63) is 29.8 Å². The number of ether oxygens (including phenoxy) is 1. The molecule has 2 atom stereocenters. The largest absolute Gasteiger partial charge is 0.508 e. The number of carbonyl (C=O) groups excluding carboxylic acids is 2. The zero-order valence-corrected chi connectivity index (χ0v) is 17.1. The lowest BCUT2D eigenvalue weighted by Crippen LogP contribution is -2.53.